The summed E-state index contributed by atoms with van der Waals surface area (Å²) in [5.74, 6) is -0.456. The summed E-state index contributed by atoms with van der Waals surface area (Å²) in [6.45, 7) is 2.71. The molecule has 6 nitrogen and oxygen atoms in total. The maximum atomic E-state index is 13.2. The summed E-state index contributed by atoms with van der Waals surface area (Å²) in [6, 6.07) is 16.4. The lowest BCUT2D eigenvalue weighted by Crippen LogP contribution is -2.43. The largest absolute Gasteiger partial charge is 0.399 e. The predicted octanol–water partition coefficient (Wildman–Crippen LogP) is 4.04. The molecule has 7 heteroatoms. The molecule has 1 saturated heterocycles. The van der Waals surface area contributed by atoms with Gasteiger partial charge in [-0.25, -0.2) is 4.39 Å². The molecule has 1 fully saturated rings. The Bertz CT molecular complexity index is 1100. The number of likely N-dealkylation sites (tertiary alicyclic amines) is 1. The summed E-state index contributed by atoms with van der Waals surface area (Å²) in [4.78, 5) is 34.1. The molecule has 1 aromatic heterocycles. The van der Waals surface area contributed by atoms with E-state index in [0.717, 1.165) is 31.6 Å². The van der Waals surface area contributed by atoms with E-state index in [0.29, 0.717) is 29.9 Å². The van der Waals surface area contributed by atoms with Crippen LogP contribution in [0.3, 0.4) is 0 Å². The van der Waals surface area contributed by atoms with Crippen molar-refractivity contribution in [2.24, 2.45) is 5.92 Å². The fourth-order valence-corrected chi connectivity index (χ4v) is 4.20. The number of hydrogen-bond donors (Lipinski definition) is 1. The van der Waals surface area contributed by atoms with E-state index in [1.54, 1.807) is 53.7 Å². The van der Waals surface area contributed by atoms with E-state index in [9.17, 15) is 14.0 Å². The number of hydrogen-bond acceptors (Lipinski definition) is 5. The molecular formula is C26H27FN4O2. The summed E-state index contributed by atoms with van der Waals surface area (Å²) in [5.41, 5.74) is 8.24. The highest BCUT2D eigenvalue weighted by Crippen LogP contribution is 2.23. The maximum absolute atomic E-state index is 13.2. The van der Waals surface area contributed by atoms with Gasteiger partial charge in [0.25, 0.3) is 5.91 Å². The summed E-state index contributed by atoms with van der Waals surface area (Å²) in [6.07, 6.45) is 4.84. The second-order valence-electron chi connectivity index (χ2n) is 8.28. The number of pyridine rings is 1. The zero-order valence-corrected chi connectivity index (χ0v) is 18.4. The van der Waals surface area contributed by atoms with E-state index >= 15 is 0 Å². The van der Waals surface area contributed by atoms with Crippen molar-refractivity contribution in [3.63, 3.8) is 0 Å². The standard InChI is InChI=1S/C26H27FN4O2/c27-22-8-6-19(7-9-22)25(32)20-10-13-30(14-11-20)15-16-31(24-5-2-12-29-18-24)26(33)21-3-1-4-23(28)17-21/h1-9,12,17-18,20H,10-11,13-16,28H2. The zero-order valence-electron chi connectivity index (χ0n) is 18.4. The summed E-state index contributed by atoms with van der Waals surface area (Å²) >= 11 is 0. The number of halogens is 1. The number of amides is 1. The average molecular weight is 447 g/mol. The number of anilines is 2. The van der Waals surface area contributed by atoms with Crippen molar-refractivity contribution < 1.29 is 14.0 Å². The number of carbonyl (C=O) groups is 2. The van der Waals surface area contributed by atoms with Crippen LogP contribution < -0.4 is 10.6 Å². The highest BCUT2D eigenvalue weighted by Gasteiger charge is 2.27. The summed E-state index contributed by atoms with van der Waals surface area (Å²) < 4.78 is 13.1. The van der Waals surface area contributed by atoms with Crippen molar-refractivity contribution in [1.29, 1.82) is 0 Å². The molecule has 2 aromatic carbocycles. The number of ketones is 1. The van der Waals surface area contributed by atoms with Crippen LogP contribution in [0.2, 0.25) is 0 Å². The fourth-order valence-electron chi connectivity index (χ4n) is 4.20. The zero-order chi connectivity index (χ0) is 23.2. The van der Waals surface area contributed by atoms with Crippen LogP contribution in [-0.2, 0) is 0 Å². The SMILES string of the molecule is Nc1cccc(C(=O)N(CCN2CCC(C(=O)c3ccc(F)cc3)CC2)c2cccnc2)c1. The Labute approximate surface area is 192 Å². The number of aromatic nitrogens is 1. The molecule has 1 amide bonds. The van der Waals surface area contributed by atoms with Crippen LogP contribution in [0.25, 0.3) is 0 Å². The molecule has 4 rings (SSSR count). The third kappa shape index (κ3) is 5.62. The van der Waals surface area contributed by atoms with Gasteiger partial charge in [0.1, 0.15) is 5.82 Å². The van der Waals surface area contributed by atoms with Crippen molar-refractivity contribution in [2.75, 3.05) is 36.8 Å². The number of nitrogens with zero attached hydrogens (tertiary/aromatic N) is 3. The van der Waals surface area contributed by atoms with Crippen LogP contribution in [0.1, 0.15) is 33.6 Å². The molecule has 3 aromatic rings. The minimum atomic E-state index is -0.340. The lowest BCUT2D eigenvalue weighted by Gasteiger charge is -2.33. The van der Waals surface area contributed by atoms with E-state index in [-0.39, 0.29) is 23.4 Å². The monoisotopic (exact) mass is 446 g/mol. The molecule has 0 spiro atoms. The van der Waals surface area contributed by atoms with Crippen molar-refractivity contribution in [3.05, 3.63) is 90.0 Å². The Morgan fingerprint density at radius 2 is 1.79 bits per heavy atom. The van der Waals surface area contributed by atoms with Crippen LogP contribution in [0.15, 0.2) is 73.1 Å². The first kappa shape index (κ1) is 22.6. The van der Waals surface area contributed by atoms with Gasteiger partial charge < -0.3 is 15.5 Å². The molecule has 0 atom stereocenters. The van der Waals surface area contributed by atoms with Gasteiger partial charge in [0.15, 0.2) is 5.78 Å². The average Bonchev–Trinajstić information content (AvgIpc) is 2.85. The number of rotatable bonds is 7. The first-order valence-electron chi connectivity index (χ1n) is 11.1. The first-order chi connectivity index (χ1) is 16.0. The van der Waals surface area contributed by atoms with Gasteiger partial charge in [0.05, 0.1) is 11.9 Å². The van der Waals surface area contributed by atoms with Gasteiger partial charge in [-0.2, -0.15) is 0 Å². The van der Waals surface area contributed by atoms with Crippen molar-refractivity contribution in [3.8, 4) is 0 Å². The molecule has 170 valence electrons. The summed E-state index contributed by atoms with van der Waals surface area (Å²) in [7, 11) is 0. The number of carbonyl (C=O) groups excluding carboxylic acids is 2. The third-order valence-corrected chi connectivity index (χ3v) is 6.06. The Hall–Kier alpha value is -3.58. The summed E-state index contributed by atoms with van der Waals surface area (Å²) in [5, 5.41) is 0. The van der Waals surface area contributed by atoms with Crippen LogP contribution in [-0.4, -0.2) is 47.8 Å². The maximum Gasteiger partial charge on any atom is 0.258 e. The van der Waals surface area contributed by atoms with Gasteiger partial charge in [-0.15, -0.1) is 0 Å². The minimum Gasteiger partial charge on any atom is -0.399 e. The molecule has 2 heterocycles. The van der Waals surface area contributed by atoms with E-state index < -0.39 is 0 Å². The lowest BCUT2D eigenvalue weighted by atomic mass is 9.89. The van der Waals surface area contributed by atoms with E-state index in [1.165, 1.54) is 12.1 Å². The smallest absolute Gasteiger partial charge is 0.258 e. The van der Waals surface area contributed by atoms with Gasteiger partial charge in [0.2, 0.25) is 0 Å². The predicted molar refractivity (Wildman–Crippen MR) is 127 cm³/mol. The minimum absolute atomic E-state index is 0.0601. The van der Waals surface area contributed by atoms with Crippen LogP contribution in [0.5, 0.6) is 0 Å². The quantitative estimate of drug-likeness (QED) is 0.438. The van der Waals surface area contributed by atoms with E-state index in [1.807, 2.05) is 12.1 Å². The van der Waals surface area contributed by atoms with E-state index in [4.69, 9.17) is 5.73 Å². The van der Waals surface area contributed by atoms with E-state index in [2.05, 4.69) is 9.88 Å². The molecule has 0 saturated carbocycles. The Balaban J connectivity index is 1.38. The molecule has 2 N–H and O–H groups in total. The number of benzene rings is 2. The highest BCUT2D eigenvalue weighted by molar-refractivity contribution is 6.06. The van der Waals surface area contributed by atoms with Gasteiger partial charge in [-0.05, 0) is 80.5 Å². The number of Topliss-reactive ketones (excluding diaryl/α,β-unsaturated/α-hetero) is 1. The van der Waals surface area contributed by atoms with Crippen molar-refractivity contribution in [2.45, 2.75) is 12.8 Å². The Morgan fingerprint density at radius 3 is 2.45 bits per heavy atom. The molecule has 1 aliphatic heterocycles. The Morgan fingerprint density at radius 1 is 1.03 bits per heavy atom. The van der Waals surface area contributed by atoms with Crippen LogP contribution >= 0.6 is 0 Å². The number of nitrogen functional groups attached to an aromatic ring is 1. The number of nitrogens with two attached hydrogens (primary N) is 1. The normalized spacial score (nSPS) is 14.7. The molecule has 33 heavy (non-hydrogen) atoms. The van der Waals surface area contributed by atoms with Gasteiger partial charge in [0, 0.05) is 42.0 Å². The third-order valence-electron chi connectivity index (χ3n) is 6.06. The number of piperidine rings is 1. The molecule has 0 bridgehead atoms. The first-order valence-corrected chi connectivity index (χ1v) is 11.1. The van der Waals surface area contributed by atoms with Crippen LogP contribution in [0.4, 0.5) is 15.8 Å². The molecule has 0 unspecified atom stereocenters. The molecule has 0 aliphatic carbocycles. The second-order valence-corrected chi connectivity index (χ2v) is 8.28. The molecule has 1 aliphatic rings. The topological polar surface area (TPSA) is 79.5 Å². The van der Waals surface area contributed by atoms with Crippen molar-refractivity contribution >= 4 is 23.1 Å². The highest BCUT2D eigenvalue weighted by atomic mass is 19.1. The Kier molecular flexibility index (Phi) is 7.10. The van der Waals surface area contributed by atoms with Crippen LogP contribution in [0, 0.1) is 11.7 Å². The molecular weight excluding hydrogens is 419 g/mol. The van der Waals surface area contributed by atoms with Crippen molar-refractivity contribution in [1.82, 2.24) is 9.88 Å². The fraction of sp³-hybridized carbons (Fsp3) is 0.269. The van der Waals surface area contributed by atoms with Gasteiger partial charge in [-0.1, -0.05) is 6.07 Å². The molecule has 0 radical (unpaired) electrons. The second kappa shape index (κ2) is 10.4. The lowest BCUT2D eigenvalue weighted by molar-refractivity contribution is 0.0841. The van der Waals surface area contributed by atoms with Gasteiger partial charge in [-0.3, -0.25) is 14.6 Å². The van der Waals surface area contributed by atoms with Gasteiger partial charge >= 0.3 is 0 Å².